The normalized spacial score (nSPS) is 10.5. The number of amides is 1. The van der Waals surface area contributed by atoms with Gasteiger partial charge in [0.15, 0.2) is 5.16 Å². The lowest BCUT2D eigenvalue weighted by molar-refractivity contribution is -0.113. The van der Waals surface area contributed by atoms with E-state index in [0.29, 0.717) is 10.9 Å². The molecule has 0 bridgehead atoms. The van der Waals surface area contributed by atoms with Crippen molar-refractivity contribution in [3.8, 4) is 0 Å². The maximum atomic E-state index is 12.0. The molecule has 0 atom stereocenters. The molecule has 22 heavy (non-hydrogen) atoms. The van der Waals surface area contributed by atoms with Crippen molar-refractivity contribution in [1.29, 1.82) is 0 Å². The highest BCUT2D eigenvalue weighted by Crippen LogP contribution is 2.20. The number of nitrogens with one attached hydrogen (secondary N) is 1. The Labute approximate surface area is 139 Å². The standard InChI is InChI=1S/C16H19N3OS2/c1-10-11(2)17-16(18-12(10)3)22-9-15(20)19-13-6-5-7-14(8-13)21-4/h5-8H,9H2,1-4H3,(H,19,20). The number of hydrogen-bond acceptors (Lipinski definition) is 5. The average Bonchev–Trinajstić information content (AvgIpc) is 2.50. The lowest BCUT2D eigenvalue weighted by Crippen LogP contribution is -2.14. The van der Waals surface area contributed by atoms with Crippen LogP contribution >= 0.6 is 23.5 Å². The molecule has 4 nitrogen and oxygen atoms in total. The van der Waals surface area contributed by atoms with E-state index in [4.69, 9.17) is 0 Å². The van der Waals surface area contributed by atoms with Gasteiger partial charge < -0.3 is 5.32 Å². The van der Waals surface area contributed by atoms with Gasteiger partial charge in [-0.2, -0.15) is 0 Å². The fourth-order valence-electron chi connectivity index (χ4n) is 1.83. The van der Waals surface area contributed by atoms with Crippen LogP contribution in [-0.4, -0.2) is 27.9 Å². The molecule has 0 saturated heterocycles. The van der Waals surface area contributed by atoms with E-state index in [1.165, 1.54) is 11.8 Å². The van der Waals surface area contributed by atoms with Gasteiger partial charge in [0.2, 0.25) is 5.91 Å². The van der Waals surface area contributed by atoms with Gasteiger partial charge in [0.1, 0.15) is 0 Å². The highest BCUT2D eigenvalue weighted by atomic mass is 32.2. The number of aromatic nitrogens is 2. The molecule has 0 fully saturated rings. The van der Waals surface area contributed by atoms with E-state index in [2.05, 4.69) is 15.3 Å². The molecule has 0 saturated carbocycles. The van der Waals surface area contributed by atoms with Crippen LogP contribution in [0, 0.1) is 20.8 Å². The third kappa shape index (κ3) is 4.48. The van der Waals surface area contributed by atoms with Crippen LogP contribution in [0.2, 0.25) is 0 Å². The summed E-state index contributed by atoms with van der Waals surface area (Å²) in [7, 11) is 0. The summed E-state index contributed by atoms with van der Waals surface area (Å²) in [6.07, 6.45) is 2.01. The van der Waals surface area contributed by atoms with E-state index in [9.17, 15) is 4.79 Å². The van der Waals surface area contributed by atoms with Gasteiger partial charge in [-0.05, 0) is 50.8 Å². The third-order valence-corrected chi connectivity index (χ3v) is 4.87. The van der Waals surface area contributed by atoms with Crippen LogP contribution in [0.3, 0.4) is 0 Å². The summed E-state index contributed by atoms with van der Waals surface area (Å²) in [5, 5.41) is 3.55. The number of benzene rings is 1. The van der Waals surface area contributed by atoms with Crippen LogP contribution in [0.4, 0.5) is 5.69 Å². The molecule has 0 unspecified atom stereocenters. The van der Waals surface area contributed by atoms with E-state index >= 15 is 0 Å². The number of hydrogen-bond donors (Lipinski definition) is 1. The van der Waals surface area contributed by atoms with Crippen LogP contribution in [-0.2, 0) is 4.79 Å². The first-order chi connectivity index (χ1) is 10.5. The van der Waals surface area contributed by atoms with Crippen LogP contribution in [0.15, 0.2) is 34.3 Å². The van der Waals surface area contributed by atoms with E-state index in [1.54, 1.807) is 11.8 Å². The number of aryl methyl sites for hydroxylation is 2. The third-order valence-electron chi connectivity index (χ3n) is 3.30. The van der Waals surface area contributed by atoms with Crippen molar-refractivity contribution < 1.29 is 4.79 Å². The smallest absolute Gasteiger partial charge is 0.234 e. The maximum absolute atomic E-state index is 12.0. The van der Waals surface area contributed by atoms with Gasteiger partial charge in [0.05, 0.1) is 5.75 Å². The first-order valence-electron chi connectivity index (χ1n) is 6.88. The number of anilines is 1. The predicted octanol–water partition coefficient (Wildman–Crippen LogP) is 3.85. The second kappa shape index (κ2) is 7.65. The van der Waals surface area contributed by atoms with Gasteiger partial charge >= 0.3 is 0 Å². The van der Waals surface area contributed by atoms with Crippen LogP contribution in [0.25, 0.3) is 0 Å². The summed E-state index contributed by atoms with van der Waals surface area (Å²) in [4.78, 5) is 22.0. The lowest BCUT2D eigenvalue weighted by atomic mass is 10.2. The summed E-state index contributed by atoms with van der Waals surface area (Å²) in [5.41, 5.74) is 3.84. The zero-order chi connectivity index (χ0) is 16.1. The van der Waals surface area contributed by atoms with Crippen molar-refractivity contribution in [1.82, 2.24) is 9.97 Å². The van der Waals surface area contributed by atoms with Crippen molar-refractivity contribution in [2.75, 3.05) is 17.3 Å². The number of rotatable bonds is 5. The van der Waals surface area contributed by atoms with Crippen molar-refractivity contribution in [2.24, 2.45) is 0 Å². The Kier molecular flexibility index (Phi) is 5.85. The molecule has 1 heterocycles. The van der Waals surface area contributed by atoms with Crippen LogP contribution in [0.1, 0.15) is 17.0 Å². The van der Waals surface area contributed by atoms with Gasteiger partial charge in [-0.3, -0.25) is 4.79 Å². The van der Waals surface area contributed by atoms with Gasteiger partial charge in [-0.25, -0.2) is 9.97 Å². The number of nitrogens with zero attached hydrogens (tertiary/aromatic N) is 2. The Morgan fingerprint density at radius 1 is 1.18 bits per heavy atom. The quantitative estimate of drug-likeness (QED) is 0.665. The minimum Gasteiger partial charge on any atom is -0.325 e. The molecule has 0 radical (unpaired) electrons. The summed E-state index contributed by atoms with van der Waals surface area (Å²) in [5.74, 6) is 0.244. The zero-order valence-electron chi connectivity index (χ0n) is 13.1. The molecular weight excluding hydrogens is 314 g/mol. The van der Waals surface area contributed by atoms with Crippen molar-refractivity contribution in [3.63, 3.8) is 0 Å². The fourth-order valence-corrected chi connectivity index (χ4v) is 3.03. The Morgan fingerprint density at radius 3 is 2.50 bits per heavy atom. The minimum absolute atomic E-state index is 0.0530. The maximum Gasteiger partial charge on any atom is 0.234 e. The van der Waals surface area contributed by atoms with E-state index < -0.39 is 0 Å². The highest BCUT2D eigenvalue weighted by Gasteiger charge is 2.08. The van der Waals surface area contributed by atoms with Crippen molar-refractivity contribution in [3.05, 3.63) is 41.2 Å². The van der Waals surface area contributed by atoms with Crippen LogP contribution in [0.5, 0.6) is 0 Å². The topological polar surface area (TPSA) is 54.9 Å². The SMILES string of the molecule is CSc1cccc(NC(=O)CSc2nc(C)c(C)c(C)n2)c1. The number of carbonyl (C=O) groups excluding carboxylic acids is 1. The predicted molar refractivity (Wildman–Crippen MR) is 93.8 cm³/mol. The molecule has 1 N–H and O–H groups in total. The molecule has 0 aliphatic heterocycles. The Hall–Kier alpha value is -1.53. The molecule has 0 spiro atoms. The Morgan fingerprint density at radius 2 is 1.86 bits per heavy atom. The summed E-state index contributed by atoms with van der Waals surface area (Å²) in [6.45, 7) is 5.93. The Balaban J connectivity index is 1.95. The average molecular weight is 333 g/mol. The molecule has 0 aliphatic rings. The number of thioether (sulfide) groups is 2. The molecule has 2 rings (SSSR count). The monoisotopic (exact) mass is 333 g/mol. The lowest BCUT2D eigenvalue weighted by Gasteiger charge is -2.08. The molecule has 6 heteroatoms. The van der Waals surface area contributed by atoms with Gasteiger partial charge in [-0.15, -0.1) is 11.8 Å². The highest BCUT2D eigenvalue weighted by molar-refractivity contribution is 7.99. The Bertz CT molecular complexity index is 666. The largest absolute Gasteiger partial charge is 0.325 e. The second-order valence-corrected chi connectivity index (χ2v) is 6.69. The molecule has 1 amide bonds. The molecular formula is C16H19N3OS2. The molecule has 2 aromatic rings. The molecule has 1 aromatic carbocycles. The van der Waals surface area contributed by atoms with E-state index in [-0.39, 0.29) is 5.91 Å². The van der Waals surface area contributed by atoms with Gasteiger partial charge in [0.25, 0.3) is 0 Å². The van der Waals surface area contributed by atoms with Crippen molar-refractivity contribution >= 4 is 35.1 Å². The molecule has 0 aliphatic carbocycles. The van der Waals surface area contributed by atoms with E-state index in [1.807, 2.05) is 51.3 Å². The number of carbonyl (C=O) groups is 1. The van der Waals surface area contributed by atoms with E-state index in [0.717, 1.165) is 27.5 Å². The van der Waals surface area contributed by atoms with Gasteiger partial charge in [-0.1, -0.05) is 17.8 Å². The van der Waals surface area contributed by atoms with Gasteiger partial charge in [0, 0.05) is 22.0 Å². The summed E-state index contributed by atoms with van der Waals surface area (Å²) < 4.78 is 0. The minimum atomic E-state index is -0.0530. The first kappa shape index (κ1) is 16.8. The zero-order valence-corrected chi connectivity index (χ0v) is 14.8. The summed E-state index contributed by atoms with van der Waals surface area (Å²) in [6, 6.07) is 7.80. The van der Waals surface area contributed by atoms with Crippen LogP contribution < -0.4 is 5.32 Å². The summed E-state index contributed by atoms with van der Waals surface area (Å²) >= 11 is 3.00. The van der Waals surface area contributed by atoms with Crippen molar-refractivity contribution in [2.45, 2.75) is 30.8 Å². The molecule has 116 valence electrons. The second-order valence-electron chi connectivity index (χ2n) is 4.87. The fraction of sp³-hybridized carbons (Fsp3) is 0.312. The molecule has 1 aromatic heterocycles. The first-order valence-corrected chi connectivity index (χ1v) is 9.09.